The molecule has 330 valence electrons. The molecule has 61 heavy (non-hydrogen) atoms. The van der Waals surface area contributed by atoms with Crippen LogP contribution in [-0.4, -0.2) is 132 Å². The number of nitrogens with one attached hydrogen (secondary N) is 2. The highest BCUT2D eigenvalue weighted by atomic mass is 32.2. The van der Waals surface area contributed by atoms with E-state index in [0.29, 0.717) is 70.7 Å². The second kappa shape index (κ2) is 25.0. The second-order valence-corrected chi connectivity index (χ2v) is 18.2. The van der Waals surface area contributed by atoms with Crippen molar-refractivity contribution >= 4 is 37.3 Å². The number of Topliss-reactive ketones (excluding diaryl/α,β-unsaturated/α-hetero) is 1. The Bertz CT molecular complexity index is 2130. The molecule has 0 aliphatic heterocycles. The van der Waals surface area contributed by atoms with Gasteiger partial charge in [0.2, 0.25) is 5.91 Å². The predicted octanol–water partition coefficient (Wildman–Crippen LogP) is 2.87. The Morgan fingerprint density at radius 1 is 0.557 bits per heavy atom. The SMILES string of the molecule is Cc1ccc(S(=O)(=O)CC(CS(=O)(=O)c2ccc(C)cc2)C(=O)c2ccc(C(=O)NCCOCCOCCOCCOCCC(=O)NCCCc3nnc(C)nn3)cc2)cc1. The van der Waals surface area contributed by atoms with Crippen LogP contribution in [0.25, 0.3) is 0 Å². The summed E-state index contributed by atoms with van der Waals surface area (Å²) < 4.78 is 75.5. The van der Waals surface area contributed by atoms with Crippen LogP contribution in [0.3, 0.4) is 0 Å². The van der Waals surface area contributed by atoms with Gasteiger partial charge in [-0.1, -0.05) is 47.5 Å². The van der Waals surface area contributed by atoms with Crippen molar-refractivity contribution in [2.75, 3.05) is 77.5 Å². The highest BCUT2D eigenvalue weighted by Gasteiger charge is 2.33. The van der Waals surface area contributed by atoms with Gasteiger partial charge in [-0.15, -0.1) is 20.4 Å². The minimum absolute atomic E-state index is 0.0116. The molecule has 0 radical (unpaired) electrons. The topological polar surface area (TPSA) is 232 Å². The number of carbonyl (C=O) groups is 3. The zero-order valence-electron chi connectivity index (χ0n) is 34.7. The normalized spacial score (nSPS) is 11.7. The number of carbonyl (C=O) groups excluding carboxylic acids is 3. The molecule has 0 saturated carbocycles. The van der Waals surface area contributed by atoms with E-state index in [4.69, 9.17) is 18.9 Å². The molecule has 2 amide bonds. The fourth-order valence-electron chi connectivity index (χ4n) is 5.66. The third kappa shape index (κ3) is 17.5. The quantitative estimate of drug-likeness (QED) is 0.0617. The average molecular weight is 883 g/mol. The van der Waals surface area contributed by atoms with Crippen molar-refractivity contribution in [2.24, 2.45) is 5.92 Å². The zero-order chi connectivity index (χ0) is 44.1. The standard InChI is InChI=1S/C42H54N6O11S2/c1-31-6-14-37(15-7-31)60(52,53)29-36(30-61(54,55)38-16-8-32(2)9-17-38)41(50)34-10-12-35(13-11-34)42(51)44-20-22-57-24-26-59-28-27-58-25-23-56-21-18-40(49)43-19-4-5-39-47-45-33(3)46-48-39/h6-17,36H,4-5,18-30H2,1-3H3,(H,43,49)(H,44,51). The lowest BCUT2D eigenvalue weighted by Gasteiger charge is -2.17. The molecular weight excluding hydrogens is 829 g/mol. The fraction of sp³-hybridized carbons (Fsp3) is 0.452. The molecule has 4 aromatic rings. The summed E-state index contributed by atoms with van der Waals surface area (Å²) in [5.41, 5.74) is 2.02. The van der Waals surface area contributed by atoms with Gasteiger partial charge in [0, 0.05) is 37.1 Å². The van der Waals surface area contributed by atoms with Gasteiger partial charge >= 0.3 is 0 Å². The molecule has 0 saturated heterocycles. The van der Waals surface area contributed by atoms with E-state index >= 15 is 0 Å². The van der Waals surface area contributed by atoms with E-state index in [2.05, 4.69) is 31.0 Å². The number of ether oxygens (including phenoxy) is 4. The Morgan fingerprint density at radius 2 is 1.02 bits per heavy atom. The smallest absolute Gasteiger partial charge is 0.251 e. The summed E-state index contributed by atoms with van der Waals surface area (Å²) in [5, 5.41) is 21.1. The first-order valence-electron chi connectivity index (χ1n) is 19.9. The van der Waals surface area contributed by atoms with Crippen LogP contribution in [0, 0.1) is 26.7 Å². The van der Waals surface area contributed by atoms with Crippen molar-refractivity contribution in [1.82, 2.24) is 31.0 Å². The number of rotatable bonds is 28. The van der Waals surface area contributed by atoms with Crippen LogP contribution in [0.15, 0.2) is 82.6 Å². The summed E-state index contributed by atoms with van der Waals surface area (Å²) in [4.78, 5) is 38.4. The van der Waals surface area contributed by atoms with Gasteiger partial charge in [-0.2, -0.15) is 0 Å². The van der Waals surface area contributed by atoms with Gasteiger partial charge in [-0.3, -0.25) is 14.4 Å². The summed E-state index contributed by atoms with van der Waals surface area (Å²) in [7, 11) is -8.09. The lowest BCUT2D eigenvalue weighted by molar-refractivity contribution is -0.122. The lowest BCUT2D eigenvalue weighted by Crippen LogP contribution is -2.31. The molecule has 0 unspecified atom stereocenters. The maximum absolute atomic E-state index is 13.8. The molecule has 0 fully saturated rings. The first-order chi connectivity index (χ1) is 29.2. The lowest BCUT2D eigenvalue weighted by atomic mass is 9.99. The summed E-state index contributed by atoms with van der Waals surface area (Å²) >= 11 is 0. The largest absolute Gasteiger partial charge is 0.379 e. The van der Waals surface area contributed by atoms with Gasteiger partial charge in [0.15, 0.2) is 37.1 Å². The number of hydrogen-bond donors (Lipinski definition) is 2. The summed E-state index contributed by atoms with van der Waals surface area (Å²) in [5.74, 6) is -2.99. The molecule has 4 rings (SSSR count). The maximum atomic E-state index is 13.8. The van der Waals surface area contributed by atoms with Gasteiger partial charge in [0.05, 0.1) is 80.1 Å². The number of aromatic nitrogens is 4. The number of ketones is 1. The minimum atomic E-state index is -4.04. The first-order valence-corrected chi connectivity index (χ1v) is 23.2. The second-order valence-electron chi connectivity index (χ2n) is 14.1. The highest BCUT2D eigenvalue weighted by molar-refractivity contribution is 7.92. The molecule has 1 aromatic heterocycles. The van der Waals surface area contributed by atoms with Crippen LogP contribution in [0.1, 0.15) is 56.3 Å². The zero-order valence-corrected chi connectivity index (χ0v) is 36.3. The predicted molar refractivity (Wildman–Crippen MR) is 225 cm³/mol. The third-order valence-electron chi connectivity index (χ3n) is 9.04. The van der Waals surface area contributed by atoms with E-state index < -0.39 is 48.8 Å². The monoisotopic (exact) mass is 882 g/mol. The van der Waals surface area contributed by atoms with Crippen LogP contribution in [0.2, 0.25) is 0 Å². The molecule has 0 spiro atoms. The van der Waals surface area contributed by atoms with Gasteiger partial charge in [-0.05, 0) is 63.6 Å². The van der Waals surface area contributed by atoms with Crippen LogP contribution in [-0.2, 0) is 49.8 Å². The molecule has 17 nitrogen and oxygen atoms in total. The van der Waals surface area contributed by atoms with Gasteiger partial charge in [0.25, 0.3) is 5.91 Å². The summed E-state index contributed by atoms with van der Waals surface area (Å²) in [6.45, 7) is 8.58. The number of aryl methyl sites for hydroxylation is 4. The number of amides is 2. The van der Waals surface area contributed by atoms with E-state index in [1.165, 1.54) is 48.5 Å². The van der Waals surface area contributed by atoms with Crippen LogP contribution < -0.4 is 10.6 Å². The number of hydrogen-bond acceptors (Lipinski definition) is 15. The fourth-order valence-corrected chi connectivity index (χ4v) is 8.90. The molecular formula is C42H54N6O11S2. The first kappa shape index (κ1) is 48.6. The van der Waals surface area contributed by atoms with Crippen molar-refractivity contribution in [3.8, 4) is 0 Å². The Kier molecular flexibility index (Phi) is 19.9. The molecule has 0 aliphatic rings. The number of benzene rings is 3. The molecule has 0 aliphatic carbocycles. The summed E-state index contributed by atoms with van der Waals surface area (Å²) in [6.07, 6.45) is 1.50. The summed E-state index contributed by atoms with van der Waals surface area (Å²) in [6, 6.07) is 17.9. The molecule has 0 bridgehead atoms. The van der Waals surface area contributed by atoms with Crippen LogP contribution in [0.4, 0.5) is 0 Å². The Labute approximate surface area is 357 Å². The molecule has 3 aromatic carbocycles. The Hall–Kier alpha value is -5.05. The molecule has 0 atom stereocenters. The minimum Gasteiger partial charge on any atom is -0.379 e. The number of nitrogens with zero attached hydrogens (tertiary/aromatic N) is 4. The van der Waals surface area contributed by atoms with Gasteiger partial charge < -0.3 is 29.6 Å². The van der Waals surface area contributed by atoms with Gasteiger partial charge in [-0.25, -0.2) is 16.8 Å². The van der Waals surface area contributed by atoms with Crippen molar-refractivity contribution in [1.29, 1.82) is 0 Å². The van der Waals surface area contributed by atoms with Crippen molar-refractivity contribution < 1.29 is 50.2 Å². The molecule has 19 heteroatoms. The Balaban J connectivity index is 1.08. The maximum Gasteiger partial charge on any atom is 0.251 e. The van der Waals surface area contributed by atoms with Crippen LogP contribution >= 0.6 is 0 Å². The molecule has 2 N–H and O–H groups in total. The Morgan fingerprint density at radius 3 is 1.52 bits per heavy atom. The van der Waals surface area contributed by atoms with Crippen molar-refractivity contribution in [2.45, 2.75) is 49.8 Å². The van der Waals surface area contributed by atoms with Crippen molar-refractivity contribution in [3.63, 3.8) is 0 Å². The van der Waals surface area contributed by atoms with E-state index in [0.717, 1.165) is 11.1 Å². The van der Waals surface area contributed by atoms with E-state index in [9.17, 15) is 31.2 Å². The highest BCUT2D eigenvalue weighted by Crippen LogP contribution is 2.23. The number of sulfone groups is 2. The van der Waals surface area contributed by atoms with E-state index in [1.54, 1.807) is 31.2 Å². The van der Waals surface area contributed by atoms with Crippen LogP contribution in [0.5, 0.6) is 0 Å². The van der Waals surface area contributed by atoms with E-state index in [-0.39, 0.29) is 53.0 Å². The van der Waals surface area contributed by atoms with Crippen molar-refractivity contribution in [3.05, 3.63) is 107 Å². The van der Waals surface area contributed by atoms with E-state index in [1.807, 2.05) is 13.8 Å². The molecule has 1 heterocycles. The van der Waals surface area contributed by atoms with Gasteiger partial charge in [0.1, 0.15) is 0 Å². The third-order valence-corrected chi connectivity index (χ3v) is 12.7. The average Bonchev–Trinajstić information content (AvgIpc) is 3.24.